The van der Waals surface area contributed by atoms with Gasteiger partial charge >= 0.3 is 0 Å². The minimum absolute atomic E-state index is 0.00716. The number of hydrogen-bond donors (Lipinski definition) is 1. The molecule has 0 saturated carbocycles. The van der Waals surface area contributed by atoms with Crippen molar-refractivity contribution in [2.24, 2.45) is 5.41 Å². The van der Waals surface area contributed by atoms with Gasteiger partial charge < -0.3 is 10.2 Å². The molecule has 27 heavy (non-hydrogen) atoms. The molecular formula is C22H28FN3O. The highest BCUT2D eigenvalue weighted by molar-refractivity contribution is 5.91. The second-order valence-corrected chi connectivity index (χ2v) is 8.71. The van der Waals surface area contributed by atoms with Crippen molar-refractivity contribution in [1.29, 1.82) is 0 Å². The van der Waals surface area contributed by atoms with Crippen LogP contribution in [0.4, 0.5) is 15.9 Å². The predicted molar refractivity (Wildman–Crippen MR) is 107 cm³/mol. The number of aryl methyl sites for hydroxylation is 1. The van der Waals surface area contributed by atoms with Crippen molar-refractivity contribution >= 4 is 17.4 Å². The van der Waals surface area contributed by atoms with Gasteiger partial charge in [0.05, 0.1) is 11.4 Å². The maximum absolute atomic E-state index is 13.2. The third-order valence-electron chi connectivity index (χ3n) is 4.81. The van der Waals surface area contributed by atoms with Crippen LogP contribution in [-0.4, -0.2) is 16.9 Å². The summed E-state index contributed by atoms with van der Waals surface area (Å²) in [4.78, 5) is 19.3. The molecular weight excluding hydrogens is 341 g/mol. The van der Waals surface area contributed by atoms with Crippen LogP contribution in [0.5, 0.6) is 0 Å². The van der Waals surface area contributed by atoms with E-state index in [-0.39, 0.29) is 17.1 Å². The van der Waals surface area contributed by atoms with Gasteiger partial charge in [0.15, 0.2) is 0 Å². The number of rotatable bonds is 4. The van der Waals surface area contributed by atoms with E-state index in [1.54, 1.807) is 0 Å². The van der Waals surface area contributed by atoms with Crippen molar-refractivity contribution < 1.29 is 9.18 Å². The Morgan fingerprint density at radius 1 is 1.30 bits per heavy atom. The standard InChI is InChI=1S/C22H28FN3O/c1-14-10-19-18(24-21(14)25-20(27)12-22(3,4)5)11-15(2)26(19)13-16-6-8-17(23)9-7-16/h6-10,15H,11-13H2,1-5H3,(H,24,25,27)/t15-/m0/s1. The van der Waals surface area contributed by atoms with Crippen molar-refractivity contribution in [3.05, 3.63) is 53.0 Å². The Morgan fingerprint density at radius 2 is 1.96 bits per heavy atom. The number of anilines is 2. The molecule has 0 radical (unpaired) electrons. The lowest BCUT2D eigenvalue weighted by atomic mass is 9.92. The topological polar surface area (TPSA) is 45.2 Å². The minimum Gasteiger partial charge on any atom is -0.363 e. The molecule has 0 bridgehead atoms. The molecule has 4 nitrogen and oxygen atoms in total. The van der Waals surface area contributed by atoms with Gasteiger partial charge in [-0.15, -0.1) is 0 Å². The van der Waals surface area contributed by atoms with Crippen LogP contribution in [0, 0.1) is 18.2 Å². The van der Waals surface area contributed by atoms with Crippen molar-refractivity contribution in [2.75, 3.05) is 10.2 Å². The summed E-state index contributed by atoms with van der Waals surface area (Å²) in [7, 11) is 0. The first-order valence-electron chi connectivity index (χ1n) is 9.44. The smallest absolute Gasteiger partial charge is 0.226 e. The molecule has 1 aromatic heterocycles. The molecule has 2 heterocycles. The summed E-state index contributed by atoms with van der Waals surface area (Å²) in [6.45, 7) is 11.0. The number of nitrogens with zero attached hydrogens (tertiary/aromatic N) is 2. The zero-order valence-electron chi connectivity index (χ0n) is 16.8. The summed E-state index contributed by atoms with van der Waals surface area (Å²) in [5.41, 5.74) is 4.06. The molecule has 0 spiro atoms. The molecule has 1 amide bonds. The summed E-state index contributed by atoms with van der Waals surface area (Å²) in [5, 5.41) is 2.97. The first kappa shape index (κ1) is 19.3. The Balaban J connectivity index is 1.80. The molecule has 1 aliphatic rings. The SMILES string of the molecule is Cc1cc2c(nc1NC(=O)CC(C)(C)C)C[C@H](C)N2Cc1ccc(F)cc1. The summed E-state index contributed by atoms with van der Waals surface area (Å²) >= 11 is 0. The van der Waals surface area contributed by atoms with E-state index in [0.717, 1.165) is 28.9 Å². The first-order chi connectivity index (χ1) is 12.6. The second-order valence-electron chi connectivity index (χ2n) is 8.71. The Kier molecular flexibility index (Phi) is 5.22. The van der Waals surface area contributed by atoms with E-state index in [4.69, 9.17) is 4.98 Å². The maximum atomic E-state index is 13.2. The third-order valence-corrected chi connectivity index (χ3v) is 4.81. The number of carbonyl (C=O) groups is 1. The average Bonchev–Trinajstić information content (AvgIpc) is 2.83. The van der Waals surface area contributed by atoms with E-state index < -0.39 is 0 Å². The first-order valence-corrected chi connectivity index (χ1v) is 9.44. The largest absolute Gasteiger partial charge is 0.363 e. The minimum atomic E-state index is -0.221. The van der Waals surface area contributed by atoms with Crippen LogP contribution in [0.15, 0.2) is 30.3 Å². The molecule has 0 fully saturated rings. The van der Waals surface area contributed by atoms with Gasteiger partial charge in [0.2, 0.25) is 5.91 Å². The van der Waals surface area contributed by atoms with E-state index in [9.17, 15) is 9.18 Å². The number of fused-ring (bicyclic) bond motifs is 1. The van der Waals surface area contributed by atoms with Crippen LogP contribution in [-0.2, 0) is 17.8 Å². The number of hydrogen-bond acceptors (Lipinski definition) is 3. The number of carbonyl (C=O) groups excluding carboxylic acids is 1. The van der Waals surface area contributed by atoms with Gasteiger partial charge in [0, 0.05) is 25.4 Å². The Labute approximate surface area is 160 Å². The van der Waals surface area contributed by atoms with Gasteiger partial charge in [0.1, 0.15) is 11.6 Å². The molecule has 0 unspecified atom stereocenters. The molecule has 144 valence electrons. The fraction of sp³-hybridized carbons (Fsp3) is 0.455. The molecule has 0 aliphatic carbocycles. The van der Waals surface area contributed by atoms with E-state index in [2.05, 4.69) is 23.2 Å². The fourth-order valence-corrected chi connectivity index (χ4v) is 3.48. The van der Waals surface area contributed by atoms with Gasteiger partial charge in [0.25, 0.3) is 0 Å². The van der Waals surface area contributed by atoms with Crippen molar-refractivity contribution in [3.63, 3.8) is 0 Å². The molecule has 1 atom stereocenters. The van der Waals surface area contributed by atoms with E-state index in [1.807, 2.05) is 39.8 Å². The van der Waals surface area contributed by atoms with Gasteiger partial charge in [-0.05, 0) is 48.6 Å². The van der Waals surface area contributed by atoms with Gasteiger partial charge in [-0.25, -0.2) is 9.37 Å². The Hall–Kier alpha value is -2.43. The Morgan fingerprint density at radius 3 is 2.59 bits per heavy atom. The lowest BCUT2D eigenvalue weighted by Crippen LogP contribution is -2.28. The molecule has 1 aliphatic heterocycles. The zero-order valence-corrected chi connectivity index (χ0v) is 16.8. The Bertz CT molecular complexity index is 840. The van der Waals surface area contributed by atoms with Crippen molar-refractivity contribution in [3.8, 4) is 0 Å². The summed E-state index contributed by atoms with van der Waals surface area (Å²) < 4.78 is 13.2. The monoisotopic (exact) mass is 369 g/mol. The van der Waals surface area contributed by atoms with E-state index in [1.165, 1.54) is 12.1 Å². The van der Waals surface area contributed by atoms with Gasteiger partial charge in [-0.2, -0.15) is 0 Å². The van der Waals surface area contributed by atoms with Gasteiger partial charge in [-0.3, -0.25) is 4.79 Å². The molecule has 2 aromatic rings. The van der Waals surface area contributed by atoms with Crippen LogP contribution in [0.25, 0.3) is 0 Å². The summed E-state index contributed by atoms with van der Waals surface area (Å²) in [5.74, 6) is 0.424. The highest BCUT2D eigenvalue weighted by atomic mass is 19.1. The quantitative estimate of drug-likeness (QED) is 0.837. The van der Waals surface area contributed by atoms with Crippen LogP contribution in [0.3, 0.4) is 0 Å². The van der Waals surface area contributed by atoms with E-state index >= 15 is 0 Å². The lowest BCUT2D eigenvalue weighted by Gasteiger charge is -2.25. The molecule has 5 heteroatoms. The summed E-state index contributed by atoms with van der Waals surface area (Å²) in [6, 6.07) is 9.03. The lowest BCUT2D eigenvalue weighted by molar-refractivity contribution is -0.117. The van der Waals surface area contributed by atoms with Gasteiger partial charge in [-0.1, -0.05) is 32.9 Å². The average molecular weight is 369 g/mol. The number of amides is 1. The molecule has 3 rings (SSSR count). The van der Waals surface area contributed by atoms with Crippen LogP contribution in [0.1, 0.15) is 50.9 Å². The highest BCUT2D eigenvalue weighted by Gasteiger charge is 2.28. The molecule has 0 saturated heterocycles. The molecule has 1 aromatic carbocycles. The number of aromatic nitrogens is 1. The maximum Gasteiger partial charge on any atom is 0.226 e. The highest BCUT2D eigenvalue weighted by Crippen LogP contribution is 2.35. The zero-order chi connectivity index (χ0) is 19.8. The predicted octanol–water partition coefficient (Wildman–Crippen LogP) is 4.86. The number of halogens is 1. The second kappa shape index (κ2) is 7.29. The number of pyridine rings is 1. The van der Waals surface area contributed by atoms with E-state index in [0.29, 0.717) is 24.8 Å². The van der Waals surface area contributed by atoms with Crippen molar-refractivity contribution in [1.82, 2.24) is 4.98 Å². The third kappa shape index (κ3) is 4.65. The van der Waals surface area contributed by atoms with Crippen LogP contribution < -0.4 is 10.2 Å². The fourth-order valence-electron chi connectivity index (χ4n) is 3.48. The number of benzene rings is 1. The van der Waals surface area contributed by atoms with Crippen LogP contribution in [0.2, 0.25) is 0 Å². The summed E-state index contributed by atoms with van der Waals surface area (Å²) in [6.07, 6.45) is 1.29. The van der Waals surface area contributed by atoms with Crippen molar-refractivity contribution in [2.45, 2.75) is 60.0 Å². The number of nitrogens with one attached hydrogen (secondary N) is 1. The molecule has 1 N–H and O–H groups in total. The normalized spacial score (nSPS) is 16.4. The van der Waals surface area contributed by atoms with Crippen LogP contribution >= 0.6 is 0 Å².